The summed E-state index contributed by atoms with van der Waals surface area (Å²) in [6, 6.07) is 8.09. The van der Waals surface area contributed by atoms with E-state index in [2.05, 4.69) is 20.9 Å². The van der Waals surface area contributed by atoms with E-state index in [4.69, 9.17) is 14.9 Å². The van der Waals surface area contributed by atoms with Crippen LogP contribution in [0.2, 0.25) is 0 Å². The standard InChI is InChI=1S/C20H26N6O3.C4H4O4/c1-22-18-17(19(27)23(2)20(22)28)26(14-21-18)13-10-24-8-11-25(12-9-24)15-6-4-5-7-16(15)29-3;5-3(6)1-2-4(7)8/h4-7,14H,8-13H2,1-3H3;1-2H,(H,5,6)(H,7,8)/b;2-1-. The zero-order valence-corrected chi connectivity index (χ0v) is 20.9. The summed E-state index contributed by atoms with van der Waals surface area (Å²) >= 11 is 0. The summed E-state index contributed by atoms with van der Waals surface area (Å²) in [5, 5.41) is 15.6. The van der Waals surface area contributed by atoms with Gasteiger partial charge in [0.15, 0.2) is 11.2 Å². The number of methoxy groups -OCH3 is 1. The zero-order valence-electron chi connectivity index (χ0n) is 20.9. The number of carboxylic acids is 2. The SMILES string of the molecule is COc1ccccc1N1CCN(CCn2cnc3c2c(=O)n(C)c(=O)n3C)CC1.O=C(O)/C=C\C(=O)O. The summed E-state index contributed by atoms with van der Waals surface area (Å²) in [5.41, 5.74) is 1.36. The molecule has 0 saturated carbocycles. The molecule has 37 heavy (non-hydrogen) atoms. The maximum atomic E-state index is 12.6. The summed E-state index contributed by atoms with van der Waals surface area (Å²) in [4.78, 5) is 52.7. The minimum atomic E-state index is -1.26. The van der Waals surface area contributed by atoms with Gasteiger partial charge < -0.3 is 24.4 Å². The molecule has 13 heteroatoms. The van der Waals surface area contributed by atoms with Crippen LogP contribution in [0.5, 0.6) is 5.75 Å². The second-order valence-corrected chi connectivity index (χ2v) is 8.33. The van der Waals surface area contributed by atoms with Crippen LogP contribution in [0.3, 0.4) is 0 Å². The van der Waals surface area contributed by atoms with Crippen LogP contribution in [-0.4, -0.2) is 85.6 Å². The normalized spacial score (nSPS) is 14.0. The number of nitrogens with zero attached hydrogens (tertiary/aromatic N) is 6. The van der Waals surface area contributed by atoms with Gasteiger partial charge in [-0.3, -0.25) is 18.8 Å². The minimum absolute atomic E-state index is 0.304. The number of piperazine rings is 1. The van der Waals surface area contributed by atoms with Crippen molar-refractivity contribution in [3.05, 3.63) is 63.6 Å². The molecule has 0 unspecified atom stereocenters. The first kappa shape index (κ1) is 27.2. The summed E-state index contributed by atoms with van der Waals surface area (Å²) in [5.74, 6) is -1.62. The van der Waals surface area contributed by atoms with Crippen molar-refractivity contribution >= 4 is 28.8 Å². The lowest BCUT2D eigenvalue weighted by molar-refractivity contribution is -0.134. The van der Waals surface area contributed by atoms with E-state index in [1.807, 2.05) is 22.8 Å². The average molecular weight is 515 g/mol. The molecule has 4 rings (SSSR count). The molecule has 3 heterocycles. The van der Waals surface area contributed by atoms with Crippen LogP contribution >= 0.6 is 0 Å². The van der Waals surface area contributed by atoms with Gasteiger partial charge in [0.05, 0.1) is 19.1 Å². The lowest BCUT2D eigenvalue weighted by Gasteiger charge is -2.36. The fourth-order valence-corrected chi connectivity index (χ4v) is 4.06. The van der Waals surface area contributed by atoms with E-state index < -0.39 is 11.9 Å². The summed E-state index contributed by atoms with van der Waals surface area (Å²) in [7, 11) is 4.83. The first-order valence-electron chi connectivity index (χ1n) is 11.5. The Morgan fingerprint density at radius 2 is 1.59 bits per heavy atom. The third kappa shape index (κ3) is 6.44. The highest BCUT2D eigenvalue weighted by Gasteiger charge is 2.20. The van der Waals surface area contributed by atoms with Crippen molar-refractivity contribution in [2.75, 3.05) is 44.7 Å². The van der Waals surface area contributed by atoms with Crippen LogP contribution in [0.25, 0.3) is 11.2 Å². The predicted molar refractivity (Wildman–Crippen MR) is 136 cm³/mol. The van der Waals surface area contributed by atoms with Crippen LogP contribution in [0, 0.1) is 0 Å². The van der Waals surface area contributed by atoms with E-state index in [9.17, 15) is 19.2 Å². The lowest BCUT2D eigenvalue weighted by atomic mass is 10.2. The number of carboxylic acid groups (broad SMARTS) is 2. The maximum absolute atomic E-state index is 12.6. The van der Waals surface area contributed by atoms with Crippen molar-refractivity contribution in [1.29, 1.82) is 0 Å². The molecule has 13 nitrogen and oxygen atoms in total. The molecule has 2 N–H and O–H groups in total. The molecular formula is C24H30N6O7. The van der Waals surface area contributed by atoms with Gasteiger partial charge in [-0.05, 0) is 12.1 Å². The number of ether oxygens (including phenoxy) is 1. The van der Waals surface area contributed by atoms with Crippen molar-refractivity contribution in [1.82, 2.24) is 23.6 Å². The molecule has 0 bridgehead atoms. The highest BCUT2D eigenvalue weighted by Crippen LogP contribution is 2.28. The number of imidazole rings is 1. The van der Waals surface area contributed by atoms with Crippen molar-refractivity contribution in [2.24, 2.45) is 14.1 Å². The van der Waals surface area contributed by atoms with Gasteiger partial charge in [0.25, 0.3) is 5.56 Å². The summed E-state index contributed by atoms with van der Waals surface area (Å²) < 4.78 is 9.88. The molecule has 0 radical (unpaired) electrons. The Kier molecular flexibility index (Phi) is 8.85. The highest BCUT2D eigenvalue weighted by atomic mass is 16.5. The number of hydrogen-bond donors (Lipinski definition) is 2. The first-order valence-corrected chi connectivity index (χ1v) is 11.5. The number of para-hydroxylation sites is 2. The predicted octanol–water partition coefficient (Wildman–Crippen LogP) is -0.0237. The average Bonchev–Trinajstić information content (AvgIpc) is 3.33. The number of aliphatic carboxylic acids is 2. The largest absolute Gasteiger partial charge is 0.495 e. The molecule has 0 atom stereocenters. The third-order valence-corrected chi connectivity index (χ3v) is 6.04. The van der Waals surface area contributed by atoms with Crippen molar-refractivity contribution < 1.29 is 24.5 Å². The second-order valence-electron chi connectivity index (χ2n) is 8.33. The summed E-state index contributed by atoms with van der Waals surface area (Å²) in [6.07, 6.45) is 2.77. The first-order chi connectivity index (χ1) is 17.6. The van der Waals surface area contributed by atoms with E-state index >= 15 is 0 Å². The van der Waals surface area contributed by atoms with Gasteiger partial charge in [-0.15, -0.1) is 0 Å². The van der Waals surface area contributed by atoms with Gasteiger partial charge in [0.1, 0.15) is 5.75 Å². The highest BCUT2D eigenvalue weighted by molar-refractivity contribution is 5.89. The van der Waals surface area contributed by atoms with Crippen molar-refractivity contribution in [3.8, 4) is 5.75 Å². The number of aromatic nitrogens is 4. The molecule has 198 valence electrons. The molecule has 1 aliphatic heterocycles. The van der Waals surface area contributed by atoms with Gasteiger partial charge in [-0.1, -0.05) is 12.1 Å². The summed E-state index contributed by atoms with van der Waals surface area (Å²) in [6.45, 7) is 5.17. The quantitative estimate of drug-likeness (QED) is 0.411. The van der Waals surface area contributed by atoms with Gasteiger partial charge in [-0.25, -0.2) is 19.4 Å². The zero-order chi connectivity index (χ0) is 27.1. The monoisotopic (exact) mass is 514 g/mol. The molecule has 3 aromatic rings. The number of benzene rings is 1. The number of fused-ring (bicyclic) bond motifs is 1. The molecule has 1 aliphatic rings. The number of hydrogen-bond acceptors (Lipinski definition) is 8. The third-order valence-electron chi connectivity index (χ3n) is 6.04. The minimum Gasteiger partial charge on any atom is -0.495 e. The van der Waals surface area contributed by atoms with Gasteiger partial charge in [0, 0.05) is 65.5 Å². The van der Waals surface area contributed by atoms with Gasteiger partial charge in [-0.2, -0.15) is 0 Å². The smallest absolute Gasteiger partial charge is 0.332 e. The van der Waals surface area contributed by atoms with Crippen LogP contribution in [-0.2, 0) is 30.2 Å². The molecular weight excluding hydrogens is 484 g/mol. The van der Waals surface area contributed by atoms with Crippen LogP contribution in [0.1, 0.15) is 0 Å². The fourth-order valence-electron chi connectivity index (χ4n) is 4.06. The van der Waals surface area contributed by atoms with Gasteiger partial charge in [0.2, 0.25) is 0 Å². The van der Waals surface area contributed by atoms with Crippen LogP contribution in [0.15, 0.2) is 52.3 Å². The number of anilines is 1. The van der Waals surface area contributed by atoms with E-state index in [1.54, 1.807) is 20.5 Å². The molecule has 0 spiro atoms. The Morgan fingerprint density at radius 1 is 0.973 bits per heavy atom. The Labute approximate surface area is 212 Å². The topological polar surface area (TPSA) is 152 Å². The number of rotatable bonds is 7. The Morgan fingerprint density at radius 3 is 2.19 bits per heavy atom. The molecule has 1 aromatic carbocycles. The van der Waals surface area contributed by atoms with E-state index in [1.165, 1.54) is 11.6 Å². The van der Waals surface area contributed by atoms with Crippen molar-refractivity contribution in [3.63, 3.8) is 0 Å². The van der Waals surface area contributed by atoms with E-state index in [0.29, 0.717) is 29.9 Å². The van der Waals surface area contributed by atoms with E-state index in [0.717, 1.165) is 48.7 Å². The van der Waals surface area contributed by atoms with Crippen LogP contribution in [0.4, 0.5) is 5.69 Å². The second kappa shape index (κ2) is 12.0. The fraction of sp³-hybridized carbons (Fsp3) is 0.375. The van der Waals surface area contributed by atoms with Gasteiger partial charge >= 0.3 is 17.6 Å². The molecule has 0 amide bonds. The molecule has 1 fully saturated rings. The Bertz CT molecular complexity index is 1400. The van der Waals surface area contributed by atoms with E-state index in [-0.39, 0.29) is 11.2 Å². The van der Waals surface area contributed by atoms with Crippen molar-refractivity contribution in [2.45, 2.75) is 6.54 Å². The Hall–Kier alpha value is -4.39. The number of aryl methyl sites for hydroxylation is 1. The Balaban J connectivity index is 0.000000414. The lowest BCUT2D eigenvalue weighted by Crippen LogP contribution is -2.47. The molecule has 1 saturated heterocycles. The molecule has 0 aliphatic carbocycles. The maximum Gasteiger partial charge on any atom is 0.332 e. The van der Waals surface area contributed by atoms with Crippen LogP contribution < -0.4 is 20.9 Å². The molecule has 2 aromatic heterocycles. The number of carbonyl (C=O) groups is 2.